The summed E-state index contributed by atoms with van der Waals surface area (Å²) in [5.74, 6) is -1.40. The molecule has 2 aromatic carbocycles. The van der Waals surface area contributed by atoms with Gasteiger partial charge in [-0.15, -0.1) is 0 Å². The molecule has 1 fully saturated rings. The third kappa shape index (κ3) is 4.98. The van der Waals surface area contributed by atoms with Gasteiger partial charge in [0.25, 0.3) is 5.56 Å². The number of rotatable bonds is 7. The number of hydrogen-bond donors (Lipinski definition) is 1. The van der Waals surface area contributed by atoms with Crippen molar-refractivity contribution >= 4 is 22.6 Å². The summed E-state index contributed by atoms with van der Waals surface area (Å²) < 4.78 is 35.7. The van der Waals surface area contributed by atoms with Gasteiger partial charge in [0, 0.05) is 31.2 Å². The molecule has 5 rings (SSSR count). The van der Waals surface area contributed by atoms with Gasteiger partial charge in [0.05, 0.1) is 20.0 Å². The largest absolute Gasteiger partial charge is 0.497 e. The lowest BCUT2D eigenvalue weighted by molar-refractivity contribution is 0.0970. The zero-order chi connectivity index (χ0) is 27.7. The first kappa shape index (κ1) is 26.1. The van der Waals surface area contributed by atoms with Crippen LogP contribution in [0.1, 0.15) is 34.3 Å². The Morgan fingerprint density at radius 2 is 2.05 bits per heavy atom. The minimum Gasteiger partial charge on any atom is -0.497 e. The Labute approximate surface area is 222 Å². The van der Waals surface area contributed by atoms with Crippen LogP contribution in [0.5, 0.6) is 5.75 Å². The van der Waals surface area contributed by atoms with Crippen molar-refractivity contribution in [2.24, 2.45) is 5.73 Å². The van der Waals surface area contributed by atoms with Crippen molar-refractivity contribution in [2.75, 3.05) is 25.1 Å². The molecule has 39 heavy (non-hydrogen) atoms. The van der Waals surface area contributed by atoms with Crippen LogP contribution in [-0.2, 0) is 13.1 Å². The van der Waals surface area contributed by atoms with Gasteiger partial charge < -0.3 is 19.9 Å². The van der Waals surface area contributed by atoms with Crippen molar-refractivity contribution < 1.29 is 18.3 Å². The zero-order valence-corrected chi connectivity index (χ0v) is 21.2. The van der Waals surface area contributed by atoms with E-state index in [2.05, 4.69) is 11.1 Å². The summed E-state index contributed by atoms with van der Waals surface area (Å²) in [6.07, 6.45) is 2.85. The Morgan fingerprint density at radius 1 is 1.23 bits per heavy atom. The molecule has 2 aromatic heterocycles. The maximum atomic E-state index is 14.1. The summed E-state index contributed by atoms with van der Waals surface area (Å²) in [5.41, 5.74) is 6.87. The molecule has 0 aliphatic carbocycles. The number of fused-ring (bicyclic) bond motifs is 1. The van der Waals surface area contributed by atoms with Gasteiger partial charge in [0.1, 0.15) is 34.2 Å². The molecule has 0 saturated carbocycles. The number of ether oxygens (including phenoxy) is 1. The van der Waals surface area contributed by atoms with E-state index in [4.69, 9.17) is 10.5 Å². The lowest BCUT2D eigenvalue weighted by atomic mass is 10.1. The van der Waals surface area contributed by atoms with Crippen LogP contribution in [0.4, 0.5) is 14.6 Å². The minimum absolute atomic E-state index is 0.0266. The summed E-state index contributed by atoms with van der Waals surface area (Å²) in [6.45, 7) is 0.725. The number of ketones is 1. The fraction of sp³-hybridized carbons (Fsp3) is 0.286. The first-order valence-electron chi connectivity index (χ1n) is 12.4. The number of benzene rings is 2. The number of nitrogens with zero attached hydrogens (tertiary/aromatic N) is 5. The van der Waals surface area contributed by atoms with Crippen LogP contribution < -0.4 is 20.9 Å². The van der Waals surface area contributed by atoms with Crippen molar-refractivity contribution in [3.63, 3.8) is 0 Å². The van der Waals surface area contributed by atoms with Crippen molar-refractivity contribution in [2.45, 2.75) is 32.0 Å². The number of Topliss-reactive ketones (excluding diaryl/α,β-unsaturated/α-hetero) is 1. The molecule has 11 heteroatoms. The number of nitriles is 1. The SMILES string of the molecule is COc1cccc(C(=O)Cn2cnc3c(C#N)c(N4CCC[C@H](N)C4)n(Cc4ccc(F)c(F)c4)c3c2=O)c1. The molecule has 1 saturated heterocycles. The highest BCUT2D eigenvalue weighted by molar-refractivity contribution is 5.96. The monoisotopic (exact) mass is 532 g/mol. The lowest BCUT2D eigenvalue weighted by Crippen LogP contribution is -2.44. The first-order valence-corrected chi connectivity index (χ1v) is 12.4. The molecule has 1 aliphatic rings. The van der Waals surface area contributed by atoms with E-state index in [9.17, 15) is 23.6 Å². The first-order chi connectivity index (χ1) is 18.8. The van der Waals surface area contributed by atoms with Gasteiger partial charge >= 0.3 is 0 Å². The highest BCUT2D eigenvalue weighted by Gasteiger charge is 2.29. The molecule has 3 heterocycles. The summed E-state index contributed by atoms with van der Waals surface area (Å²) >= 11 is 0. The average molecular weight is 533 g/mol. The average Bonchev–Trinajstić information content (AvgIpc) is 3.25. The van der Waals surface area contributed by atoms with Gasteiger partial charge in [-0.3, -0.25) is 14.2 Å². The molecule has 4 aromatic rings. The number of nitrogens with two attached hydrogens (primary N) is 1. The van der Waals surface area contributed by atoms with E-state index < -0.39 is 17.2 Å². The zero-order valence-electron chi connectivity index (χ0n) is 21.2. The number of hydrogen-bond acceptors (Lipinski definition) is 7. The predicted octanol–water partition coefficient (Wildman–Crippen LogP) is 3.22. The molecule has 1 aliphatic heterocycles. The summed E-state index contributed by atoms with van der Waals surface area (Å²) in [5, 5.41) is 10.1. The van der Waals surface area contributed by atoms with Crippen molar-refractivity contribution in [3.05, 3.63) is 87.5 Å². The van der Waals surface area contributed by atoms with Gasteiger partial charge in [0.15, 0.2) is 17.4 Å². The Morgan fingerprint density at radius 3 is 2.77 bits per heavy atom. The summed E-state index contributed by atoms with van der Waals surface area (Å²) in [6, 6.07) is 12.1. The Bertz CT molecular complexity index is 1670. The van der Waals surface area contributed by atoms with Gasteiger partial charge in [-0.25, -0.2) is 13.8 Å². The molecule has 1 atom stereocenters. The smallest absolute Gasteiger partial charge is 0.278 e. The van der Waals surface area contributed by atoms with E-state index in [1.807, 2.05) is 4.90 Å². The van der Waals surface area contributed by atoms with Crippen LogP contribution in [-0.4, -0.2) is 46.1 Å². The highest BCUT2D eigenvalue weighted by atomic mass is 19.2. The third-order valence-electron chi connectivity index (χ3n) is 6.90. The highest BCUT2D eigenvalue weighted by Crippen LogP contribution is 2.32. The molecule has 2 N–H and O–H groups in total. The van der Waals surface area contributed by atoms with Crippen LogP contribution in [0.15, 0.2) is 53.6 Å². The number of aromatic nitrogens is 3. The molecule has 200 valence electrons. The second-order valence-corrected chi connectivity index (χ2v) is 9.52. The minimum atomic E-state index is -1.02. The van der Waals surface area contributed by atoms with Crippen LogP contribution >= 0.6 is 0 Å². The molecule has 0 unspecified atom stereocenters. The Kier molecular flexibility index (Phi) is 7.13. The molecule has 0 amide bonds. The molecule has 0 spiro atoms. The van der Waals surface area contributed by atoms with Crippen LogP contribution in [0.3, 0.4) is 0 Å². The second-order valence-electron chi connectivity index (χ2n) is 9.52. The van der Waals surface area contributed by atoms with Crippen molar-refractivity contribution in [1.29, 1.82) is 5.26 Å². The molecule has 0 bridgehead atoms. The van der Waals surface area contributed by atoms with E-state index >= 15 is 0 Å². The van der Waals surface area contributed by atoms with E-state index in [-0.39, 0.29) is 41.5 Å². The lowest BCUT2D eigenvalue weighted by Gasteiger charge is -2.33. The Hall–Kier alpha value is -4.56. The van der Waals surface area contributed by atoms with Gasteiger partial charge in [-0.05, 0) is 42.7 Å². The second kappa shape index (κ2) is 10.7. The number of halogens is 2. The topological polar surface area (TPSA) is 119 Å². The van der Waals surface area contributed by atoms with E-state index in [1.54, 1.807) is 28.8 Å². The number of carbonyl (C=O) groups is 1. The maximum Gasteiger partial charge on any atom is 0.278 e. The third-order valence-corrected chi connectivity index (χ3v) is 6.90. The number of methoxy groups -OCH3 is 1. The van der Waals surface area contributed by atoms with E-state index in [0.717, 1.165) is 25.0 Å². The molecular weight excluding hydrogens is 506 g/mol. The van der Waals surface area contributed by atoms with Crippen LogP contribution in [0.2, 0.25) is 0 Å². The van der Waals surface area contributed by atoms with Crippen molar-refractivity contribution in [3.8, 4) is 11.8 Å². The fourth-order valence-electron chi connectivity index (χ4n) is 5.02. The Balaban J connectivity index is 1.66. The molecular formula is C28H26F2N6O3. The molecule has 0 radical (unpaired) electrons. The summed E-state index contributed by atoms with van der Waals surface area (Å²) in [4.78, 5) is 33.2. The summed E-state index contributed by atoms with van der Waals surface area (Å²) in [7, 11) is 1.49. The standard InChI is InChI=1S/C28H26F2N6O3/c1-39-20-6-2-4-18(11-20)24(37)15-35-16-33-25-21(12-31)27(34-9-3-5-19(32)14-34)36(26(25)28(35)38)13-17-7-8-22(29)23(30)10-17/h2,4,6-8,10-11,16,19H,3,5,9,13-15,32H2,1H3/t19-/m0/s1. The normalized spacial score (nSPS) is 15.4. The fourth-order valence-corrected chi connectivity index (χ4v) is 5.02. The van der Waals surface area contributed by atoms with Gasteiger partial charge in [-0.2, -0.15) is 5.26 Å². The maximum absolute atomic E-state index is 14.1. The number of carbonyl (C=O) groups excluding carboxylic acids is 1. The van der Waals surface area contributed by atoms with Gasteiger partial charge in [0.2, 0.25) is 0 Å². The number of anilines is 1. The van der Waals surface area contributed by atoms with Gasteiger partial charge in [-0.1, -0.05) is 18.2 Å². The predicted molar refractivity (Wildman–Crippen MR) is 141 cm³/mol. The molecule has 9 nitrogen and oxygen atoms in total. The van der Waals surface area contributed by atoms with E-state index in [0.29, 0.717) is 35.8 Å². The van der Waals surface area contributed by atoms with E-state index in [1.165, 1.54) is 24.1 Å². The number of piperidine rings is 1. The quantitative estimate of drug-likeness (QED) is 0.363. The van der Waals surface area contributed by atoms with Crippen LogP contribution in [0.25, 0.3) is 11.0 Å². The van der Waals surface area contributed by atoms with Crippen LogP contribution in [0, 0.1) is 23.0 Å². The van der Waals surface area contributed by atoms with Crippen molar-refractivity contribution in [1.82, 2.24) is 14.1 Å².